The Morgan fingerprint density at radius 1 is 1.13 bits per heavy atom. The molecule has 2 aromatic heterocycles. The number of carbonyl (C=O) groups excluding carboxylic acids is 1. The van der Waals surface area contributed by atoms with E-state index in [9.17, 15) is 4.79 Å². The first kappa shape index (κ1) is 20.3. The molecule has 0 aliphatic rings. The lowest BCUT2D eigenvalue weighted by Gasteiger charge is -2.10. The van der Waals surface area contributed by atoms with Gasteiger partial charge in [-0.2, -0.15) is 5.10 Å². The molecule has 0 aliphatic carbocycles. The van der Waals surface area contributed by atoms with Crippen molar-refractivity contribution in [1.82, 2.24) is 25.3 Å². The molecule has 0 aliphatic heterocycles. The summed E-state index contributed by atoms with van der Waals surface area (Å²) in [5.74, 6) is 0.139. The number of para-hydroxylation sites is 1. The molecule has 4 rings (SSSR count). The second kappa shape index (κ2) is 8.80. The summed E-state index contributed by atoms with van der Waals surface area (Å²) in [6, 6.07) is 18.9. The molecule has 2 heterocycles. The summed E-state index contributed by atoms with van der Waals surface area (Å²) in [5.41, 5.74) is 9.66. The molecule has 0 saturated heterocycles. The number of nitrogens with one attached hydrogen (secondary N) is 2. The monoisotopic (exact) mass is 417 g/mol. The summed E-state index contributed by atoms with van der Waals surface area (Å²) in [6.07, 6.45) is 0. The Morgan fingerprint density at radius 2 is 1.94 bits per heavy atom. The first-order valence-corrected chi connectivity index (χ1v) is 9.85. The number of aryl methyl sites for hydroxylation is 1. The fraction of sp³-hybridized carbons (Fsp3) is 0.182. The zero-order chi connectivity index (χ0) is 21.8. The van der Waals surface area contributed by atoms with Crippen molar-refractivity contribution in [3.05, 3.63) is 71.9 Å². The maximum atomic E-state index is 11.8. The van der Waals surface area contributed by atoms with Crippen LogP contribution >= 0.6 is 0 Å². The van der Waals surface area contributed by atoms with Crippen LogP contribution in [0.3, 0.4) is 0 Å². The number of anilines is 2. The fourth-order valence-electron chi connectivity index (χ4n) is 3.02. The zero-order valence-electron chi connectivity index (χ0n) is 17.2. The molecule has 9 nitrogen and oxygen atoms in total. The van der Waals surface area contributed by atoms with Gasteiger partial charge in [0.2, 0.25) is 5.91 Å². The zero-order valence-corrected chi connectivity index (χ0v) is 17.2. The molecule has 1 amide bonds. The molecular formula is C22H23N7O2. The minimum Gasteiger partial charge on any atom is -0.401 e. The molecular weight excluding hydrogens is 394 g/mol. The molecule has 2 aromatic carbocycles. The van der Waals surface area contributed by atoms with Crippen LogP contribution in [-0.4, -0.2) is 31.9 Å². The number of nitrogens with two attached hydrogens (primary N) is 1. The van der Waals surface area contributed by atoms with Gasteiger partial charge in [0.25, 0.3) is 5.89 Å². The number of benzene rings is 2. The van der Waals surface area contributed by atoms with Crippen LogP contribution in [0.25, 0.3) is 17.3 Å². The lowest BCUT2D eigenvalue weighted by atomic mass is 10.2. The predicted molar refractivity (Wildman–Crippen MR) is 117 cm³/mol. The molecule has 9 heteroatoms. The van der Waals surface area contributed by atoms with Gasteiger partial charge in [-0.15, -0.1) is 5.10 Å². The van der Waals surface area contributed by atoms with E-state index in [2.05, 4.69) is 25.9 Å². The molecule has 0 unspecified atom stereocenters. The average molecular weight is 417 g/mol. The van der Waals surface area contributed by atoms with E-state index < -0.39 is 6.04 Å². The van der Waals surface area contributed by atoms with E-state index in [4.69, 9.17) is 10.2 Å². The first-order valence-electron chi connectivity index (χ1n) is 9.85. The summed E-state index contributed by atoms with van der Waals surface area (Å²) < 4.78 is 7.56. The summed E-state index contributed by atoms with van der Waals surface area (Å²) >= 11 is 0. The van der Waals surface area contributed by atoms with Crippen molar-refractivity contribution in [1.29, 1.82) is 0 Å². The van der Waals surface area contributed by atoms with E-state index in [1.807, 2.05) is 67.6 Å². The Hall–Kier alpha value is -3.98. The largest absolute Gasteiger partial charge is 0.401 e. The number of nitrogens with zero attached hydrogens (tertiary/aromatic N) is 4. The normalized spacial score (nSPS) is 11.8. The van der Waals surface area contributed by atoms with Gasteiger partial charge in [-0.1, -0.05) is 35.4 Å². The minimum absolute atomic E-state index is 0.203. The highest BCUT2D eigenvalue weighted by atomic mass is 16.4. The Bertz CT molecular complexity index is 1180. The number of hydrogen-bond acceptors (Lipinski definition) is 7. The maximum Gasteiger partial charge on any atom is 0.320 e. The highest BCUT2D eigenvalue weighted by Gasteiger charge is 2.17. The third-order valence-electron chi connectivity index (χ3n) is 4.54. The van der Waals surface area contributed by atoms with Crippen LogP contribution in [0.2, 0.25) is 0 Å². The van der Waals surface area contributed by atoms with Gasteiger partial charge in [0.1, 0.15) is 5.69 Å². The fourth-order valence-corrected chi connectivity index (χ4v) is 3.02. The van der Waals surface area contributed by atoms with E-state index in [1.54, 1.807) is 11.6 Å². The molecule has 4 N–H and O–H groups in total. The summed E-state index contributed by atoms with van der Waals surface area (Å²) in [7, 11) is 0. The second-order valence-corrected chi connectivity index (χ2v) is 7.16. The smallest absolute Gasteiger partial charge is 0.320 e. The summed E-state index contributed by atoms with van der Waals surface area (Å²) in [5, 5.41) is 18.7. The summed E-state index contributed by atoms with van der Waals surface area (Å²) in [4.78, 5) is 11.8. The molecule has 0 spiro atoms. The molecule has 4 aromatic rings. The van der Waals surface area contributed by atoms with E-state index in [1.165, 1.54) is 0 Å². The maximum absolute atomic E-state index is 11.8. The molecule has 158 valence electrons. The van der Waals surface area contributed by atoms with Crippen LogP contribution in [0.5, 0.6) is 0 Å². The Kier molecular flexibility index (Phi) is 5.76. The third kappa shape index (κ3) is 4.78. The van der Waals surface area contributed by atoms with Crippen LogP contribution in [0, 0.1) is 6.92 Å². The van der Waals surface area contributed by atoms with E-state index in [0.717, 1.165) is 22.6 Å². The van der Waals surface area contributed by atoms with Crippen LogP contribution < -0.4 is 16.4 Å². The Labute approximate surface area is 179 Å². The SMILES string of the molecule is Cc1cc(-c2nnc(Nc3ccccc3)o2)n(-c2cccc(CNC(=O)[C@H](C)N)c2)n1. The van der Waals surface area contributed by atoms with Gasteiger partial charge in [0.05, 0.1) is 17.4 Å². The van der Waals surface area contributed by atoms with Gasteiger partial charge >= 0.3 is 6.01 Å². The lowest BCUT2D eigenvalue weighted by molar-refractivity contribution is -0.122. The van der Waals surface area contributed by atoms with Crippen LogP contribution in [-0.2, 0) is 11.3 Å². The second-order valence-electron chi connectivity index (χ2n) is 7.16. The number of rotatable bonds is 7. The Balaban J connectivity index is 1.58. The van der Waals surface area contributed by atoms with Crippen molar-refractivity contribution < 1.29 is 9.21 Å². The molecule has 0 saturated carbocycles. The van der Waals surface area contributed by atoms with Crippen LogP contribution in [0.1, 0.15) is 18.2 Å². The molecule has 0 bridgehead atoms. The lowest BCUT2D eigenvalue weighted by Crippen LogP contribution is -2.37. The topological polar surface area (TPSA) is 124 Å². The quantitative estimate of drug-likeness (QED) is 0.422. The summed E-state index contributed by atoms with van der Waals surface area (Å²) in [6.45, 7) is 3.91. The van der Waals surface area contributed by atoms with Crippen molar-refractivity contribution in [2.45, 2.75) is 26.4 Å². The van der Waals surface area contributed by atoms with Crippen molar-refractivity contribution in [2.75, 3.05) is 5.32 Å². The van der Waals surface area contributed by atoms with E-state index >= 15 is 0 Å². The Morgan fingerprint density at radius 3 is 2.71 bits per heavy atom. The van der Waals surface area contributed by atoms with Crippen molar-refractivity contribution in [3.63, 3.8) is 0 Å². The highest BCUT2D eigenvalue weighted by Crippen LogP contribution is 2.25. The molecule has 1 atom stereocenters. The number of aromatic nitrogens is 4. The average Bonchev–Trinajstić information content (AvgIpc) is 3.39. The third-order valence-corrected chi connectivity index (χ3v) is 4.54. The van der Waals surface area contributed by atoms with Crippen LogP contribution in [0.15, 0.2) is 65.1 Å². The van der Waals surface area contributed by atoms with E-state index in [-0.39, 0.29) is 5.91 Å². The standard InChI is InChI=1S/C22H23N7O2/c1-14-11-19(21-26-27-22(31-21)25-17-8-4-3-5-9-17)29(28-14)18-10-6-7-16(12-18)13-24-20(30)15(2)23/h3-12,15H,13,23H2,1-2H3,(H,24,30)(H,25,27)/t15-/m0/s1. The van der Waals surface area contributed by atoms with Gasteiger partial charge in [0.15, 0.2) is 0 Å². The van der Waals surface area contributed by atoms with Crippen molar-refractivity contribution in [2.24, 2.45) is 5.73 Å². The molecule has 31 heavy (non-hydrogen) atoms. The number of amides is 1. The van der Waals surface area contributed by atoms with Gasteiger partial charge in [-0.05, 0) is 49.7 Å². The van der Waals surface area contributed by atoms with E-state index in [0.29, 0.717) is 24.1 Å². The van der Waals surface area contributed by atoms with Crippen molar-refractivity contribution in [3.8, 4) is 17.3 Å². The first-order chi connectivity index (χ1) is 15.0. The molecule has 0 radical (unpaired) electrons. The van der Waals surface area contributed by atoms with Gasteiger partial charge in [0, 0.05) is 12.2 Å². The number of carbonyl (C=O) groups is 1. The van der Waals surface area contributed by atoms with Crippen molar-refractivity contribution >= 4 is 17.6 Å². The highest BCUT2D eigenvalue weighted by molar-refractivity contribution is 5.80. The van der Waals surface area contributed by atoms with Gasteiger partial charge < -0.3 is 20.8 Å². The van der Waals surface area contributed by atoms with Gasteiger partial charge in [-0.25, -0.2) is 4.68 Å². The van der Waals surface area contributed by atoms with Gasteiger partial charge in [-0.3, -0.25) is 4.79 Å². The number of hydrogen-bond donors (Lipinski definition) is 3. The minimum atomic E-state index is -0.556. The molecule has 0 fully saturated rings. The van der Waals surface area contributed by atoms with Crippen LogP contribution in [0.4, 0.5) is 11.7 Å². The predicted octanol–water partition coefficient (Wildman–Crippen LogP) is 2.94.